The molecule has 0 saturated heterocycles. The molecule has 0 aliphatic carbocycles. The molecule has 0 aliphatic heterocycles. The fraction of sp³-hybridized carbons (Fsp3) is 0. The summed E-state index contributed by atoms with van der Waals surface area (Å²) in [4.78, 5) is 20.0. The average Bonchev–Trinajstić information content (AvgIpc) is 3.70. The van der Waals surface area contributed by atoms with Crippen LogP contribution in [0.1, 0.15) is 0 Å². The van der Waals surface area contributed by atoms with Gasteiger partial charge in [0.25, 0.3) is 0 Å². The maximum absolute atomic E-state index is 6.25. The Bertz CT molecular complexity index is 2830. The van der Waals surface area contributed by atoms with Crippen LogP contribution < -0.4 is 0 Å². The molecule has 0 aliphatic rings. The molecule has 0 N–H and O–H groups in total. The number of nitrogens with zero attached hydrogens (tertiary/aromatic N) is 4. The highest BCUT2D eigenvalue weighted by Crippen LogP contribution is 2.42. The van der Waals surface area contributed by atoms with E-state index in [4.69, 9.17) is 19.4 Å². The zero-order chi connectivity index (χ0) is 30.2. The smallest absolute Gasteiger partial charge is 0.164 e. The highest BCUT2D eigenvalue weighted by molar-refractivity contribution is 7.26. The molecule has 6 heteroatoms. The van der Waals surface area contributed by atoms with Crippen molar-refractivity contribution in [3.05, 3.63) is 134 Å². The van der Waals surface area contributed by atoms with E-state index >= 15 is 0 Å². The Morgan fingerprint density at radius 1 is 0.500 bits per heavy atom. The normalized spacial score (nSPS) is 11.9. The third kappa shape index (κ3) is 3.81. The number of fused-ring (bicyclic) bond motifs is 9. The first kappa shape index (κ1) is 25.4. The van der Waals surface area contributed by atoms with Gasteiger partial charge < -0.3 is 4.42 Å². The summed E-state index contributed by atoms with van der Waals surface area (Å²) in [6.45, 7) is 0. The predicted octanol–water partition coefficient (Wildman–Crippen LogP) is 10.8. The monoisotopic (exact) mass is 606 g/mol. The summed E-state index contributed by atoms with van der Waals surface area (Å²) in [7, 11) is 0. The lowest BCUT2D eigenvalue weighted by atomic mass is 10.0. The van der Waals surface area contributed by atoms with E-state index in [-0.39, 0.29) is 0 Å². The summed E-state index contributed by atoms with van der Waals surface area (Å²) >= 11 is 1.78. The van der Waals surface area contributed by atoms with Crippen molar-refractivity contribution in [2.45, 2.75) is 0 Å². The minimum absolute atomic E-state index is 0.607. The van der Waals surface area contributed by atoms with Crippen molar-refractivity contribution >= 4 is 75.0 Å². The second kappa shape index (κ2) is 9.76. The van der Waals surface area contributed by atoms with Crippen molar-refractivity contribution in [3.63, 3.8) is 0 Å². The van der Waals surface area contributed by atoms with Gasteiger partial charge in [-0.25, -0.2) is 15.0 Å². The van der Waals surface area contributed by atoms with Gasteiger partial charge in [0, 0.05) is 65.4 Å². The van der Waals surface area contributed by atoms with E-state index in [1.54, 1.807) is 11.3 Å². The number of hydrogen-bond acceptors (Lipinski definition) is 6. The lowest BCUT2D eigenvalue weighted by molar-refractivity contribution is 0.669. The fourth-order valence-corrected chi connectivity index (χ4v) is 7.91. The number of furan rings is 1. The lowest BCUT2D eigenvalue weighted by Gasteiger charge is -2.12. The van der Waals surface area contributed by atoms with Crippen LogP contribution in [0.5, 0.6) is 0 Å². The van der Waals surface area contributed by atoms with E-state index in [0.717, 1.165) is 60.2 Å². The van der Waals surface area contributed by atoms with Gasteiger partial charge in [0.2, 0.25) is 0 Å². The third-order valence-corrected chi connectivity index (χ3v) is 10.0. The minimum Gasteiger partial charge on any atom is -0.456 e. The molecule has 46 heavy (non-hydrogen) atoms. The summed E-state index contributed by atoms with van der Waals surface area (Å²) in [5.74, 6) is 1.86. The number of pyridine rings is 1. The summed E-state index contributed by atoms with van der Waals surface area (Å²) < 4.78 is 8.66. The average molecular weight is 607 g/mol. The molecule has 0 spiro atoms. The van der Waals surface area contributed by atoms with Crippen LogP contribution in [0.25, 0.3) is 97.8 Å². The van der Waals surface area contributed by atoms with Crippen molar-refractivity contribution in [1.29, 1.82) is 0 Å². The molecule has 10 aromatic rings. The zero-order valence-electron chi connectivity index (χ0n) is 24.3. The Labute approximate surface area is 266 Å². The van der Waals surface area contributed by atoms with Gasteiger partial charge in [-0.15, -0.1) is 11.3 Å². The van der Waals surface area contributed by atoms with Gasteiger partial charge in [0.1, 0.15) is 11.2 Å². The predicted molar refractivity (Wildman–Crippen MR) is 189 cm³/mol. The second-order valence-corrected chi connectivity index (χ2v) is 12.5. The number of aromatic nitrogens is 4. The summed E-state index contributed by atoms with van der Waals surface area (Å²) in [6.07, 6.45) is 3.81. The number of rotatable bonds is 3. The Kier molecular flexibility index (Phi) is 5.38. The van der Waals surface area contributed by atoms with Crippen LogP contribution in [0, 0.1) is 0 Å². The molecule has 10 rings (SSSR count). The summed E-state index contributed by atoms with van der Waals surface area (Å²) in [5.41, 5.74) is 4.46. The van der Waals surface area contributed by atoms with Crippen LogP contribution in [0.2, 0.25) is 0 Å². The zero-order valence-corrected chi connectivity index (χ0v) is 25.1. The Morgan fingerprint density at radius 2 is 1.22 bits per heavy atom. The van der Waals surface area contributed by atoms with E-state index in [0.29, 0.717) is 17.5 Å². The van der Waals surface area contributed by atoms with Crippen molar-refractivity contribution < 1.29 is 4.42 Å². The Balaban J connectivity index is 1.30. The first-order valence-corrected chi connectivity index (χ1v) is 15.9. The van der Waals surface area contributed by atoms with Crippen LogP contribution in [-0.4, -0.2) is 19.9 Å². The molecular formula is C40H22N4OS. The summed E-state index contributed by atoms with van der Waals surface area (Å²) in [6, 6.07) is 41.8. The van der Waals surface area contributed by atoms with Gasteiger partial charge in [0.05, 0.1) is 0 Å². The van der Waals surface area contributed by atoms with Crippen LogP contribution >= 0.6 is 11.3 Å². The van der Waals surface area contributed by atoms with Gasteiger partial charge in [-0.3, -0.25) is 4.98 Å². The molecule has 0 atom stereocenters. The lowest BCUT2D eigenvalue weighted by Crippen LogP contribution is -2.01. The molecule has 214 valence electrons. The van der Waals surface area contributed by atoms with E-state index in [1.807, 2.05) is 42.7 Å². The molecule has 0 unspecified atom stereocenters. The van der Waals surface area contributed by atoms with Gasteiger partial charge in [0.15, 0.2) is 17.5 Å². The second-order valence-electron chi connectivity index (χ2n) is 11.5. The molecule has 5 nitrogen and oxygen atoms in total. The topological polar surface area (TPSA) is 64.7 Å². The molecule has 0 saturated carbocycles. The van der Waals surface area contributed by atoms with Crippen molar-refractivity contribution in [2.24, 2.45) is 0 Å². The molecule has 0 amide bonds. The van der Waals surface area contributed by atoms with E-state index in [2.05, 4.69) is 96.0 Å². The molecule has 0 fully saturated rings. The first-order chi connectivity index (χ1) is 22.8. The Morgan fingerprint density at radius 3 is 2.13 bits per heavy atom. The van der Waals surface area contributed by atoms with Gasteiger partial charge in [-0.05, 0) is 40.4 Å². The highest BCUT2D eigenvalue weighted by atomic mass is 32.1. The third-order valence-electron chi connectivity index (χ3n) is 8.81. The number of hydrogen-bond donors (Lipinski definition) is 0. The van der Waals surface area contributed by atoms with E-state index in [9.17, 15) is 0 Å². The molecule has 4 aromatic heterocycles. The first-order valence-electron chi connectivity index (χ1n) is 15.1. The summed E-state index contributed by atoms with van der Waals surface area (Å²) in [5, 5.41) is 8.96. The quantitative estimate of drug-likeness (QED) is 0.200. The van der Waals surface area contributed by atoms with Crippen molar-refractivity contribution in [3.8, 4) is 34.2 Å². The number of benzene rings is 6. The van der Waals surface area contributed by atoms with E-state index in [1.165, 1.54) is 20.2 Å². The van der Waals surface area contributed by atoms with Crippen LogP contribution in [-0.2, 0) is 0 Å². The molecular weight excluding hydrogens is 585 g/mol. The number of para-hydroxylation sites is 1. The van der Waals surface area contributed by atoms with Crippen LogP contribution in [0.15, 0.2) is 138 Å². The van der Waals surface area contributed by atoms with Crippen LogP contribution in [0.3, 0.4) is 0 Å². The van der Waals surface area contributed by atoms with Gasteiger partial charge >= 0.3 is 0 Å². The SMILES string of the molecule is c1ccc2cc(-c3nc(-c4cccc5oc6ccccc6c45)nc(-c4cccc5ccc6c7cnccc7sc6c45)n3)ccc2c1. The molecule has 0 radical (unpaired) electrons. The standard InChI is InChI=1S/C40H22N4OS/c1-2-8-25-21-26(16-15-23(25)7-1)38-42-39(44-40(43-38)30-12-6-14-33-36(30)28-10-3-4-13-32(28)45-33)29-11-5-9-24-17-18-27-31-22-41-20-19-34(31)46-37(27)35(24)29/h1-22H. The van der Waals surface area contributed by atoms with Gasteiger partial charge in [-0.1, -0.05) is 97.1 Å². The minimum atomic E-state index is 0.607. The van der Waals surface area contributed by atoms with Crippen molar-refractivity contribution in [1.82, 2.24) is 19.9 Å². The molecule has 6 aromatic carbocycles. The number of thiophene rings is 1. The maximum Gasteiger partial charge on any atom is 0.164 e. The highest BCUT2D eigenvalue weighted by Gasteiger charge is 2.20. The maximum atomic E-state index is 6.25. The molecule has 4 heterocycles. The Hall–Kier alpha value is -5.98. The van der Waals surface area contributed by atoms with E-state index < -0.39 is 0 Å². The fourth-order valence-electron chi connectivity index (χ4n) is 6.67. The largest absolute Gasteiger partial charge is 0.456 e. The van der Waals surface area contributed by atoms with Crippen LogP contribution in [0.4, 0.5) is 0 Å². The molecule has 0 bridgehead atoms. The van der Waals surface area contributed by atoms with Crippen molar-refractivity contribution in [2.75, 3.05) is 0 Å². The van der Waals surface area contributed by atoms with Gasteiger partial charge in [-0.2, -0.15) is 0 Å².